The Balaban J connectivity index is 2.24. The van der Waals surface area contributed by atoms with Crippen LogP contribution in [0.1, 0.15) is 13.8 Å². The Morgan fingerprint density at radius 1 is 1.24 bits per heavy atom. The second-order valence-electron chi connectivity index (χ2n) is 4.78. The molecule has 0 atom stereocenters. The van der Waals surface area contributed by atoms with Crippen LogP contribution in [-0.2, 0) is 0 Å². The molecule has 2 aromatic rings. The lowest BCUT2D eigenvalue weighted by atomic mass is 10.0. The van der Waals surface area contributed by atoms with E-state index in [1.807, 2.05) is 18.2 Å². The van der Waals surface area contributed by atoms with Crippen molar-refractivity contribution >= 4 is 38.6 Å². The molecule has 1 aromatic carbocycles. The molecular weight excluding hydrogens is 296 g/mol. The second kappa shape index (κ2) is 5.36. The molecule has 2 rings (SSSR count). The molecule has 0 amide bonds. The zero-order valence-corrected chi connectivity index (χ0v) is 12.4. The minimum atomic E-state index is 0.275. The fraction of sp³-hybridized carbons (Fsp3) is 0.385. The van der Waals surface area contributed by atoms with Crippen LogP contribution >= 0.6 is 27.7 Å². The summed E-state index contributed by atoms with van der Waals surface area (Å²) >= 11 is 5.35. The van der Waals surface area contributed by atoms with Crippen molar-refractivity contribution in [2.24, 2.45) is 5.41 Å². The number of aromatic nitrogens is 2. The molecule has 4 heteroatoms. The number of thioether (sulfide) groups is 1. The van der Waals surface area contributed by atoms with E-state index >= 15 is 0 Å². The van der Waals surface area contributed by atoms with Gasteiger partial charge in [0.05, 0.1) is 5.52 Å². The van der Waals surface area contributed by atoms with Gasteiger partial charge in [0.15, 0.2) is 0 Å². The SMILES string of the molecule is CC(C)(CBr)CSc1ncnc2ccccc12. The van der Waals surface area contributed by atoms with Crippen molar-refractivity contribution in [2.75, 3.05) is 11.1 Å². The predicted octanol–water partition coefficient (Wildman–Crippen LogP) is 4.14. The Morgan fingerprint density at radius 3 is 2.76 bits per heavy atom. The summed E-state index contributed by atoms with van der Waals surface area (Å²) in [6.45, 7) is 4.50. The molecule has 1 heterocycles. The fourth-order valence-corrected chi connectivity index (χ4v) is 2.94. The first-order chi connectivity index (χ1) is 8.12. The third kappa shape index (κ3) is 3.19. The van der Waals surface area contributed by atoms with E-state index in [0.29, 0.717) is 0 Å². The molecule has 0 N–H and O–H groups in total. The molecule has 0 spiro atoms. The van der Waals surface area contributed by atoms with Crippen LogP contribution < -0.4 is 0 Å². The maximum absolute atomic E-state index is 4.38. The molecule has 0 radical (unpaired) electrons. The molecule has 0 aliphatic carbocycles. The van der Waals surface area contributed by atoms with Crippen LogP contribution in [-0.4, -0.2) is 21.1 Å². The van der Waals surface area contributed by atoms with Crippen molar-refractivity contribution in [1.82, 2.24) is 9.97 Å². The number of halogens is 1. The number of alkyl halides is 1. The number of hydrogen-bond donors (Lipinski definition) is 0. The van der Waals surface area contributed by atoms with Crippen molar-refractivity contribution in [2.45, 2.75) is 18.9 Å². The number of benzene rings is 1. The maximum Gasteiger partial charge on any atom is 0.117 e. The van der Waals surface area contributed by atoms with Crippen molar-refractivity contribution in [3.05, 3.63) is 30.6 Å². The third-order valence-corrected chi connectivity index (χ3v) is 5.51. The summed E-state index contributed by atoms with van der Waals surface area (Å²) in [5.41, 5.74) is 1.29. The summed E-state index contributed by atoms with van der Waals surface area (Å²) in [6.07, 6.45) is 1.64. The smallest absolute Gasteiger partial charge is 0.117 e. The molecule has 17 heavy (non-hydrogen) atoms. The third-order valence-electron chi connectivity index (χ3n) is 2.47. The summed E-state index contributed by atoms with van der Waals surface area (Å²) < 4.78 is 0. The summed E-state index contributed by atoms with van der Waals surface area (Å²) in [6, 6.07) is 8.15. The van der Waals surface area contributed by atoms with E-state index in [0.717, 1.165) is 27.0 Å². The summed E-state index contributed by atoms with van der Waals surface area (Å²) in [5.74, 6) is 1.04. The molecule has 0 aliphatic rings. The Labute approximate surface area is 114 Å². The second-order valence-corrected chi connectivity index (χ2v) is 6.31. The van der Waals surface area contributed by atoms with Gasteiger partial charge in [-0.15, -0.1) is 11.8 Å². The fourth-order valence-electron chi connectivity index (χ4n) is 1.40. The maximum atomic E-state index is 4.38. The molecule has 2 nitrogen and oxygen atoms in total. The van der Waals surface area contributed by atoms with Crippen LogP contribution in [0.25, 0.3) is 10.9 Å². The zero-order chi connectivity index (χ0) is 12.3. The van der Waals surface area contributed by atoms with E-state index in [9.17, 15) is 0 Å². The summed E-state index contributed by atoms with van der Waals surface area (Å²) in [5, 5.41) is 3.21. The van der Waals surface area contributed by atoms with Gasteiger partial charge in [-0.3, -0.25) is 0 Å². The van der Waals surface area contributed by atoms with Crippen molar-refractivity contribution in [3.63, 3.8) is 0 Å². The van der Waals surface area contributed by atoms with Gasteiger partial charge in [0.25, 0.3) is 0 Å². The van der Waals surface area contributed by atoms with Crippen LogP contribution in [0.4, 0.5) is 0 Å². The topological polar surface area (TPSA) is 25.8 Å². The van der Waals surface area contributed by atoms with Crippen molar-refractivity contribution in [3.8, 4) is 0 Å². The van der Waals surface area contributed by atoms with Gasteiger partial charge in [-0.1, -0.05) is 48.0 Å². The molecule has 1 aromatic heterocycles. The van der Waals surface area contributed by atoms with Gasteiger partial charge in [0.1, 0.15) is 11.4 Å². The molecular formula is C13H15BrN2S. The first-order valence-electron chi connectivity index (χ1n) is 5.51. The highest BCUT2D eigenvalue weighted by atomic mass is 79.9. The molecule has 90 valence electrons. The Bertz CT molecular complexity index is 508. The molecule has 0 fully saturated rings. The summed E-state index contributed by atoms with van der Waals surface area (Å²) in [7, 11) is 0. The zero-order valence-electron chi connectivity index (χ0n) is 9.98. The van der Waals surface area contributed by atoms with Crippen molar-refractivity contribution < 1.29 is 0 Å². The first kappa shape index (κ1) is 12.8. The number of para-hydroxylation sites is 1. The Morgan fingerprint density at radius 2 is 2.00 bits per heavy atom. The monoisotopic (exact) mass is 310 g/mol. The van der Waals surface area contributed by atoms with E-state index in [-0.39, 0.29) is 5.41 Å². The van der Waals surface area contributed by atoms with Crippen LogP contribution in [0, 0.1) is 5.41 Å². The van der Waals surface area contributed by atoms with Crippen LogP contribution in [0.3, 0.4) is 0 Å². The molecule has 0 aliphatic heterocycles. The van der Waals surface area contributed by atoms with Crippen molar-refractivity contribution in [1.29, 1.82) is 0 Å². The highest BCUT2D eigenvalue weighted by Crippen LogP contribution is 2.31. The lowest BCUT2D eigenvalue weighted by Crippen LogP contribution is -2.16. The average molecular weight is 311 g/mol. The minimum absolute atomic E-state index is 0.275. The standard InChI is InChI=1S/C13H15BrN2S/c1-13(2,7-14)8-17-12-10-5-3-4-6-11(10)15-9-16-12/h3-6,9H,7-8H2,1-2H3. The average Bonchev–Trinajstić information content (AvgIpc) is 2.36. The molecule has 0 bridgehead atoms. The Kier molecular flexibility index (Phi) is 4.05. The van der Waals surface area contributed by atoms with Gasteiger partial charge in [-0.25, -0.2) is 9.97 Å². The first-order valence-corrected chi connectivity index (χ1v) is 7.62. The van der Waals surface area contributed by atoms with Gasteiger partial charge < -0.3 is 0 Å². The molecule has 0 saturated carbocycles. The number of hydrogen-bond acceptors (Lipinski definition) is 3. The van der Waals surface area contributed by atoms with Gasteiger partial charge in [0.2, 0.25) is 0 Å². The van der Waals surface area contributed by atoms with Gasteiger partial charge in [0, 0.05) is 16.5 Å². The lowest BCUT2D eigenvalue weighted by Gasteiger charge is -2.20. The number of fused-ring (bicyclic) bond motifs is 1. The van der Waals surface area contributed by atoms with Crippen LogP contribution in [0.2, 0.25) is 0 Å². The molecule has 0 unspecified atom stereocenters. The van der Waals surface area contributed by atoms with Gasteiger partial charge in [-0.2, -0.15) is 0 Å². The van der Waals surface area contributed by atoms with Gasteiger partial charge >= 0.3 is 0 Å². The normalized spacial score (nSPS) is 11.9. The Hall–Kier alpha value is -0.610. The van der Waals surface area contributed by atoms with E-state index in [1.165, 1.54) is 0 Å². The molecule has 0 saturated heterocycles. The van der Waals surface area contributed by atoms with E-state index in [2.05, 4.69) is 45.8 Å². The summed E-state index contributed by atoms with van der Waals surface area (Å²) in [4.78, 5) is 8.65. The van der Waals surface area contributed by atoms with Crippen LogP contribution in [0.5, 0.6) is 0 Å². The predicted molar refractivity (Wildman–Crippen MR) is 77.8 cm³/mol. The number of nitrogens with zero attached hydrogens (tertiary/aromatic N) is 2. The van der Waals surface area contributed by atoms with E-state index in [4.69, 9.17) is 0 Å². The number of rotatable bonds is 4. The van der Waals surface area contributed by atoms with Gasteiger partial charge in [-0.05, 0) is 11.5 Å². The lowest BCUT2D eigenvalue weighted by molar-refractivity contribution is 0.496. The quantitative estimate of drug-likeness (QED) is 0.482. The van der Waals surface area contributed by atoms with Crippen LogP contribution in [0.15, 0.2) is 35.6 Å². The largest absolute Gasteiger partial charge is 0.236 e. The van der Waals surface area contributed by atoms with E-state index in [1.54, 1.807) is 18.1 Å². The minimum Gasteiger partial charge on any atom is -0.236 e. The highest BCUT2D eigenvalue weighted by molar-refractivity contribution is 9.09. The van der Waals surface area contributed by atoms with E-state index < -0.39 is 0 Å². The highest BCUT2D eigenvalue weighted by Gasteiger charge is 2.17.